The minimum absolute atomic E-state index is 0.158. The number of benzene rings is 1. The van der Waals surface area contributed by atoms with Gasteiger partial charge < -0.3 is 5.73 Å². The van der Waals surface area contributed by atoms with Crippen LogP contribution in [0.25, 0.3) is 0 Å². The summed E-state index contributed by atoms with van der Waals surface area (Å²) < 4.78 is 0. The van der Waals surface area contributed by atoms with E-state index < -0.39 is 0 Å². The molecule has 0 saturated carbocycles. The van der Waals surface area contributed by atoms with Gasteiger partial charge in [0.1, 0.15) is 0 Å². The van der Waals surface area contributed by atoms with E-state index >= 15 is 0 Å². The smallest absolute Gasteiger partial charge is 0.232 e. The minimum atomic E-state index is -0.244. The predicted molar refractivity (Wildman–Crippen MR) is 65.2 cm³/mol. The number of nitrogens with two attached hydrogens (primary N) is 1. The maximum absolute atomic E-state index is 11.8. The van der Waals surface area contributed by atoms with E-state index in [-0.39, 0.29) is 30.7 Å². The lowest BCUT2D eigenvalue weighted by Gasteiger charge is -2.16. The van der Waals surface area contributed by atoms with Crippen LogP contribution in [0.3, 0.4) is 0 Å². The second-order valence-corrected chi connectivity index (χ2v) is 4.64. The van der Waals surface area contributed by atoms with Crippen LogP contribution < -0.4 is 5.73 Å². The van der Waals surface area contributed by atoms with Crippen molar-refractivity contribution in [2.24, 2.45) is 5.92 Å². The summed E-state index contributed by atoms with van der Waals surface area (Å²) in [4.78, 5) is 24.6. The van der Waals surface area contributed by atoms with Crippen molar-refractivity contribution in [3.05, 3.63) is 28.8 Å². The number of anilines is 1. The SMILES string of the molecule is CC1CC(=O)N(Cc2c(N)cccc2Cl)C1=O. The number of hydrogen-bond acceptors (Lipinski definition) is 3. The van der Waals surface area contributed by atoms with Gasteiger partial charge in [0, 0.05) is 28.6 Å². The van der Waals surface area contributed by atoms with E-state index in [4.69, 9.17) is 17.3 Å². The molecule has 1 aliphatic rings. The minimum Gasteiger partial charge on any atom is -0.398 e. The molecule has 1 fully saturated rings. The van der Waals surface area contributed by atoms with Gasteiger partial charge in [0.15, 0.2) is 0 Å². The lowest BCUT2D eigenvalue weighted by Crippen LogP contribution is -2.30. The first-order chi connectivity index (χ1) is 8.00. The maximum atomic E-state index is 11.8. The maximum Gasteiger partial charge on any atom is 0.232 e. The molecule has 1 heterocycles. The van der Waals surface area contributed by atoms with Crippen LogP contribution in [0.15, 0.2) is 18.2 Å². The van der Waals surface area contributed by atoms with E-state index in [2.05, 4.69) is 0 Å². The van der Waals surface area contributed by atoms with E-state index in [0.717, 1.165) is 0 Å². The molecule has 90 valence electrons. The summed E-state index contributed by atoms with van der Waals surface area (Å²) in [6.07, 6.45) is 0.267. The summed E-state index contributed by atoms with van der Waals surface area (Å²) in [7, 11) is 0. The number of amides is 2. The van der Waals surface area contributed by atoms with E-state index in [1.54, 1.807) is 25.1 Å². The molecule has 2 N–H and O–H groups in total. The highest BCUT2D eigenvalue weighted by Crippen LogP contribution is 2.27. The Morgan fingerprint density at radius 3 is 2.71 bits per heavy atom. The molecule has 2 amide bonds. The van der Waals surface area contributed by atoms with Crippen LogP contribution >= 0.6 is 11.6 Å². The van der Waals surface area contributed by atoms with Crippen LogP contribution in [0.1, 0.15) is 18.9 Å². The average Bonchev–Trinajstić information content (AvgIpc) is 2.49. The molecule has 0 spiro atoms. The van der Waals surface area contributed by atoms with Crippen LogP contribution in [-0.4, -0.2) is 16.7 Å². The number of carbonyl (C=O) groups is 2. The van der Waals surface area contributed by atoms with Crippen LogP contribution in [0.2, 0.25) is 5.02 Å². The topological polar surface area (TPSA) is 63.4 Å². The molecule has 1 aromatic rings. The summed E-state index contributed by atoms with van der Waals surface area (Å²) in [5.74, 6) is -0.567. The lowest BCUT2D eigenvalue weighted by atomic mass is 10.1. The Morgan fingerprint density at radius 1 is 1.47 bits per heavy atom. The molecule has 1 aromatic carbocycles. The zero-order chi connectivity index (χ0) is 12.6. The number of imide groups is 1. The first kappa shape index (κ1) is 11.9. The highest BCUT2D eigenvalue weighted by molar-refractivity contribution is 6.31. The Balaban J connectivity index is 2.27. The van der Waals surface area contributed by atoms with Gasteiger partial charge in [0.05, 0.1) is 6.54 Å². The van der Waals surface area contributed by atoms with Crippen molar-refractivity contribution in [2.45, 2.75) is 19.9 Å². The Bertz CT molecular complexity index is 467. The summed E-state index contributed by atoms with van der Waals surface area (Å²) in [5, 5.41) is 0.477. The summed E-state index contributed by atoms with van der Waals surface area (Å²) in [6, 6.07) is 5.13. The largest absolute Gasteiger partial charge is 0.398 e. The van der Waals surface area contributed by atoms with E-state index in [9.17, 15) is 9.59 Å². The monoisotopic (exact) mass is 252 g/mol. The van der Waals surface area contributed by atoms with Gasteiger partial charge in [0.2, 0.25) is 11.8 Å². The number of nitrogen functional groups attached to an aromatic ring is 1. The van der Waals surface area contributed by atoms with Crippen molar-refractivity contribution in [1.29, 1.82) is 0 Å². The molecule has 1 aliphatic heterocycles. The second-order valence-electron chi connectivity index (χ2n) is 4.23. The molecule has 1 saturated heterocycles. The second kappa shape index (κ2) is 4.37. The first-order valence-corrected chi connectivity index (χ1v) is 5.75. The molecule has 2 rings (SSSR count). The zero-order valence-corrected chi connectivity index (χ0v) is 10.2. The molecule has 0 aliphatic carbocycles. The fourth-order valence-electron chi connectivity index (χ4n) is 1.91. The van der Waals surface area contributed by atoms with E-state index in [0.29, 0.717) is 16.3 Å². The number of nitrogens with zero attached hydrogens (tertiary/aromatic N) is 1. The van der Waals surface area contributed by atoms with Crippen molar-refractivity contribution >= 4 is 29.1 Å². The van der Waals surface area contributed by atoms with Gasteiger partial charge in [-0.25, -0.2) is 0 Å². The third kappa shape index (κ3) is 2.13. The van der Waals surface area contributed by atoms with Crippen molar-refractivity contribution in [3.63, 3.8) is 0 Å². The van der Waals surface area contributed by atoms with E-state index in [1.807, 2.05) is 0 Å². The normalized spacial score (nSPS) is 20.1. The highest BCUT2D eigenvalue weighted by Gasteiger charge is 2.35. The van der Waals surface area contributed by atoms with Gasteiger partial charge in [-0.15, -0.1) is 0 Å². The molecule has 0 bridgehead atoms. The van der Waals surface area contributed by atoms with E-state index in [1.165, 1.54) is 4.90 Å². The van der Waals surface area contributed by atoms with Crippen molar-refractivity contribution in [1.82, 2.24) is 4.90 Å². The molecule has 1 atom stereocenters. The van der Waals surface area contributed by atoms with Crippen molar-refractivity contribution in [3.8, 4) is 0 Å². The molecule has 0 radical (unpaired) electrons. The summed E-state index contributed by atoms with van der Waals surface area (Å²) in [6.45, 7) is 1.91. The third-order valence-electron chi connectivity index (χ3n) is 2.94. The van der Waals surface area contributed by atoms with Gasteiger partial charge in [0.25, 0.3) is 0 Å². The van der Waals surface area contributed by atoms with Gasteiger partial charge in [-0.3, -0.25) is 14.5 Å². The van der Waals surface area contributed by atoms with Crippen molar-refractivity contribution in [2.75, 3.05) is 5.73 Å². The molecule has 4 nitrogen and oxygen atoms in total. The van der Waals surface area contributed by atoms with Gasteiger partial charge in [-0.05, 0) is 12.1 Å². The molecule has 0 aromatic heterocycles. The molecule has 17 heavy (non-hydrogen) atoms. The number of likely N-dealkylation sites (tertiary alicyclic amines) is 1. The number of halogens is 1. The Hall–Kier alpha value is -1.55. The summed E-state index contributed by atoms with van der Waals surface area (Å²) in [5.41, 5.74) is 6.92. The zero-order valence-electron chi connectivity index (χ0n) is 9.44. The Labute approximate surface area is 104 Å². The predicted octanol–water partition coefficient (Wildman–Crippen LogP) is 1.82. The van der Waals surface area contributed by atoms with Crippen LogP contribution in [0, 0.1) is 5.92 Å². The first-order valence-electron chi connectivity index (χ1n) is 5.37. The van der Waals surface area contributed by atoms with Gasteiger partial charge >= 0.3 is 0 Å². The van der Waals surface area contributed by atoms with Gasteiger partial charge in [-0.1, -0.05) is 24.6 Å². The molecular weight excluding hydrogens is 240 g/mol. The lowest BCUT2D eigenvalue weighted by molar-refractivity contribution is -0.139. The third-order valence-corrected chi connectivity index (χ3v) is 3.29. The fourth-order valence-corrected chi connectivity index (χ4v) is 2.16. The molecular formula is C12H13ClN2O2. The van der Waals surface area contributed by atoms with Crippen molar-refractivity contribution < 1.29 is 9.59 Å². The molecule has 5 heteroatoms. The summed E-state index contributed by atoms with van der Waals surface area (Å²) >= 11 is 6.01. The Kier molecular flexibility index (Phi) is 3.07. The quantitative estimate of drug-likeness (QED) is 0.645. The Morgan fingerprint density at radius 2 is 2.18 bits per heavy atom. The highest BCUT2D eigenvalue weighted by atomic mass is 35.5. The van der Waals surface area contributed by atoms with Crippen LogP contribution in [0.5, 0.6) is 0 Å². The number of rotatable bonds is 2. The number of hydrogen-bond donors (Lipinski definition) is 1. The van der Waals surface area contributed by atoms with Crippen LogP contribution in [-0.2, 0) is 16.1 Å². The van der Waals surface area contributed by atoms with Gasteiger partial charge in [-0.2, -0.15) is 0 Å². The fraction of sp³-hybridized carbons (Fsp3) is 0.333. The number of carbonyl (C=O) groups excluding carboxylic acids is 2. The van der Waals surface area contributed by atoms with Crippen LogP contribution in [0.4, 0.5) is 5.69 Å². The average molecular weight is 253 g/mol. The standard InChI is InChI=1S/C12H13ClN2O2/c1-7-5-11(16)15(12(7)17)6-8-9(13)3-2-4-10(8)14/h2-4,7H,5-6,14H2,1H3. The molecule has 1 unspecified atom stereocenters.